The number of ether oxygens (including phenoxy) is 1. The number of methoxy groups -OCH3 is 1. The Morgan fingerprint density at radius 1 is 1.32 bits per heavy atom. The normalized spacial score (nSPS) is 19.8. The molecule has 3 rings (SSSR count). The van der Waals surface area contributed by atoms with Crippen molar-refractivity contribution in [2.75, 3.05) is 26.0 Å². The molecule has 1 fully saturated rings. The van der Waals surface area contributed by atoms with Gasteiger partial charge >= 0.3 is 0 Å². The van der Waals surface area contributed by atoms with Crippen molar-refractivity contribution in [2.45, 2.75) is 32.2 Å². The van der Waals surface area contributed by atoms with Gasteiger partial charge in [-0.2, -0.15) is 0 Å². The molecule has 132 valence electrons. The fraction of sp³-hybridized carbons (Fsp3) is 0.421. The van der Waals surface area contributed by atoms with Crippen molar-refractivity contribution in [2.24, 2.45) is 0 Å². The minimum Gasteiger partial charge on any atom is -0.497 e. The minimum absolute atomic E-state index is 0.0185. The Balaban J connectivity index is 1.98. The molecule has 0 aliphatic carbocycles. The number of anilines is 1. The summed E-state index contributed by atoms with van der Waals surface area (Å²) in [6.07, 6.45) is 1.77. The Labute approximate surface area is 148 Å². The third kappa shape index (κ3) is 3.16. The highest BCUT2D eigenvalue weighted by atomic mass is 16.5. The summed E-state index contributed by atoms with van der Waals surface area (Å²) >= 11 is 0. The van der Waals surface area contributed by atoms with Gasteiger partial charge in [-0.3, -0.25) is 4.79 Å². The maximum absolute atomic E-state index is 13.1. The van der Waals surface area contributed by atoms with Crippen LogP contribution in [0.15, 0.2) is 30.3 Å². The minimum atomic E-state index is -0.516. The monoisotopic (exact) mass is 340 g/mol. The molecule has 0 spiro atoms. The van der Waals surface area contributed by atoms with Gasteiger partial charge in [-0.25, -0.2) is 9.97 Å². The topological polar surface area (TPSA) is 67.4 Å². The largest absolute Gasteiger partial charge is 0.497 e. The molecule has 6 heteroatoms. The molecule has 0 bridgehead atoms. The highest BCUT2D eigenvalue weighted by Crippen LogP contribution is 2.38. The zero-order valence-electron chi connectivity index (χ0n) is 15.2. The van der Waals surface area contributed by atoms with Crippen LogP contribution in [0.3, 0.4) is 0 Å². The summed E-state index contributed by atoms with van der Waals surface area (Å²) in [4.78, 5) is 24.3. The maximum atomic E-state index is 13.1. The van der Waals surface area contributed by atoms with E-state index in [1.54, 1.807) is 13.2 Å². The number of carbonyl (C=O) groups excluding carboxylic acids is 1. The van der Waals surface area contributed by atoms with Crippen LogP contribution >= 0.6 is 0 Å². The van der Waals surface area contributed by atoms with Crippen LogP contribution in [0.2, 0.25) is 0 Å². The van der Waals surface area contributed by atoms with E-state index in [1.807, 2.05) is 50.1 Å². The molecular weight excluding hydrogens is 316 g/mol. The molecule has 6 nitrogen and oxygen atoms in total. The lowest BCUT2D eigenvalue weighted by Crippen LogP contribution is -2.44. The lowest BCUT2D eigenvalue weighted by atomic mass is 9.96. The molecule has 1 aromatic carbocycles. The van der Waals surface area contributed by atoms with Gasteiger partial charge < -0.3 is 15.0 Å². The summed E-state index contributed by atoms with van der Waals surface area (Å²) in [5.74, 6) is 2.11. The van der Waals surface area contributed by atoms with E-state index >= 15 is 0 Å². The molecule has 1 aliphatic rings. The third-order valence-corrected chi connectivity index (χ3v) is 4.79. The van der Waals surface area contributed by atoms with E-state index in [-0.39, 0.29) is 5.91 Å². The Kier molecular flexibility index (Phi) is 4.61. The lowest BCUT2D eigenvalue weighted by Gasteiger charge is -2.34. The Morgan fingerprint density at radius 2 is 2.12 bits per heavy atom. The summed E-state index contributed by atoms with van der Waals surface area (Å²) in [6.45, 7) is 4.68. The van der Waals surface area contributed by atoms with Gasteiger partial charge in [0.25, 0.3) is 5.91 Å². The number of hydrogen-bond donors (Lipinski definition) is 1. The third-order valence-electron chi connectivity index (χ3n) is 4.79. The predicted octanol–water partition coefficient (Wildman–Crippen LogP) is 2.99. The second-order valence-electron chi connectivity index (χ2n) is 6.53. The van der Waals surface area contributed by atoms with Gasteiger partial charge in [-0.05, 0) is 44.9 Å². The Hall–Kier alpha value is -2.63. The van der Waals surface area contributed by atoms with Crippen LogP contribution in [-0.2, 0) is 5.54 Å². The van der Waals surface area contributed by atoms with E-state index in [4.69, 9.17) is 4.74 Å². The Bertz CT molecular complexity index is 793. The molecule has 0 saturated carbocycles. The van der Waals surface area contributed by atoms with Gasteiger partial charge in [0.05, 0.1) is 7.11 Å². The average molecular weight is 340 g/mol. The molecule has 1 N–H and O–H groups in total. The number of hydrogen-bond acceptors (Lipinski definition) is 5. The van der Waals surface area contributed by atoms with Crippen molar-refractivity contribution in [3.63, 3.8) is 0 Å². The number of nitrogens with one attached hydrogen (secondary N) is 1. The van der Waals surface area contributed by atoms with Crippen LogP contribution in [-0.4, -0.2) is 41.5 Å². The van der Waals surface area contributed by atoms with E-state index in [9.17, 15) is 4.79 Å². The first kappa shape index (κ1) is 17.2. The number of amides is 1. The number of likely N-dealkylation sites (tertiary alicyclic amines) is 1. The first-order valence-corrected chi connectivity index (χ1v) is 8.48. The molecule has 1 amide bonds. The molecule has 1 unspecified atom stereocenters. The number of rotatable bonds is 4. The lowest BCUT2D eigenvalue weighted by molar-refractivity contribution is 0.0603. The fourth-order valence-corrected chi connectivity index (χ4v) is 3.37. The number of benzene rings is 1. The molecule has 25 heavy (non-hydrogen) atoms. The second-order valence-corrected chi connectivity index (χ2v) is 6.53. The van der Waals surface area contributed by atoms with Gasteiger partial charge in [0.1, 0.15) is 17.1 Å². The smallest absolute Gasteiger partial charge is 0.254 e. The molecule has 1 aliphatic heterocycles. The molecule has 1 aromatic heterocycles. The van der Waals surface area contributed by atoms with E-state index in [0.29, 0.717) is 23.7 Å². The molecule has 2 aromatic rings. The molecule has 1 saturated heterocycles. The molecule has 0 radical (unpaired) electrons. The number of nitrogens with zero attached hydrogens (tertiary/aromatic N) is 3. The Morgan fingerprint density at radius 3 is 2.84 bits per heavy atom. The quantitative estimate of drug-likeness (QED) is 0.927. The number of aryl methyl sites for hydroxylation is 1. The van der Waals surface area contributed by atoms with Crippen molar-refractivity contribution < 1.29 is 9.53 Å². The SMILES string of the molecule is CNc1cc(C)nc(C2(C)CCCN2C(=O)c2cccc(OC)c2)n1. The standard InChI is InChI=1S/C19H24N4O2/c1-13-11-16(20-3)22-18(21-13)19(2)9-6-10-23(19)17(24)14-7-5-8-15(12-14)25-4/h5,7-8,11-12H,6,9-10H2,1-4H3,(H,20,21,22). The fourth-order valence-electron chi connectivity index (χ4n) is 3.37. The van der Waals surface area contributed by atoms with Crippen molar-refractivity contribution in [3.8, 4) is 5.75 Å². The molecule has 1 atom stereocenters. The molecular formula is C19H24N4O2. The van der Waals surface area contributed by atoms with Crippen molar-refractivity contribution in [1.82, 2.24) is 14.9 Å². The van der Waals surface area contributed by atoms with Crippen LogP contribution in [0.1, 0.15) is 41.6 Å². The zero-order valence-corrected chi connectivity index (χ0v) is 15.2. The first-order chi connectivity index (χ1) is 12.0. The second kappa shape index (κ2) is 6.70. The van der Waals surface area contributed by atoms with Crippen LogP contribution in [0, 0.1) is 6.92 Å². The van der Waals surface area contributed by atoms with Gasteiger partial charge in [-0.1, -0.05) is 6.07 Å². The van der Waals surface area contributed by atoms with Crippen molar-refractivity contribution in [3.05, 3.63) is 47.4 Å². The van der Waals surface area contributed by atoms with Crippen LogP contribution < -0.4 is 10.1 Å². The van der Waals surface area contributed by atoms with Gasteiger partial charge in [0, 0.05) is 30.9 Å². The van der Waals surface area contributed by atoms with Gasteiger partial charge in [0.15, 0.2) is 5.82 Å². The zero-order chi connectivity index (χ0) is 18.0. The molecule has 2 heterocycles. The summed E-state index contributed by atoms with van der Waals surface area (Å²) in [6, 6.07) is 9.16. The predicted molar refractivity (Wildman–Crippen MR) is 96.9 cm³/mol. The maximum Gasteiger partial charge on any atom is 0.254 e. The van der Waals surface area contributed by atoms with E-state index in [1.165, 1.54) is 0 Å². The summed E-state index contributed by atoms with van der Waals surface area (Å²) in [5.41, 5.74) is 0.989. The van der Waals surface area contributed by atoms with Crippen molar-refractivity contribution >= 4 is 11.7 Å². The highest BCUT2D eigenvalue weighted by Gasteiger charge is 2.43. The van der Waals surface area contributed by atoms with E-state index in [2.05, 4.69) is 15.3 Å². The van der Waals surface area contributed by atoms with E-state index < -0.39 is 5.54 Å². The number of aromatic nitrogens is 2. The van der Waals surface area contributed by atoms with Crippen molar-refractivity contribution in [1.29, 1.82) is 0 Å². The van der Waals surface area contributed by atoms with Gasteiger partial charge in [0.2, 0.25) is 0 Å². The highest BCUT2D eigenvalue weighted by molar-refractivity contribution is 5.95. The summed E-state index contributed by atoms with van der Waals surface area (Å²) in [5, 5.41) is 3.07. The van der Waals surface area contributed by atoms with Gasteiger partial charge in [-0.15, -0.1) is 0 Å². The number of carbonyl (C=O) groups is 1. The summed E-state index contributed by atoms with van der Waals surface area (Å²) < 4.78 is 5.25. The van der Waals surface area contributed by atoms with Crippen LogP contribution in [0.4, 0.5) is 5.82 Å². The van der Waals surface area contributed by atoms with Crippen LogP contribution in [0.5, 0.6) is 5.75 Å². The van der Waals surface area contributed by atoms with Crippen LogP contribution in [0.25, 0.3) is 0 Å². The van der Waals surface area contributed by atoms with E-state index in [0.717, 1.165) is 24.4 Å². The average Bonchev–Trinajstić information content (AvgIpc) is 3.03. The summed E-state index contributed by atoms with van der Waals surface area (Å²) in [7, 11) is 3.44. The first-order valence-electron chi connectivity index (χ1n) is 8.48.